The van der Waals surface area contributed by atoms with E-state index in [9.17, 15) is 4.79 Å². The molecule has 0 aliphatic carbocycles. The van der Waals surface area contributed by atoms with Gasteiger partial charge in [0.1, 0.15) is 11.0 Å². The predicted molar refractivity (Wildman–Crippen MR) is 106 cm³/mol. The Hall–Kier alpha value is -1.79. The summed E-state index contributed by atoms with van der Waals surface area (Å²) in [6.45, 7) is 7.03. The van der Waals surface area contributed by atoms with Crippen LogP contribution in [0, 0.1) is 0 Å². The standard InChI is InChI=1S/C18H23ClN4OS/c1-18(2,3)14-15(20)25-17(21-14)22-16(24)13-5-4-10-23(13)12-8-6-11(19)7-9-12/h6-9,13H,4-5,10,20H2,1-3H3,(H,21,22,24). The Morgan fingerprint density at radius 1 is 1.36 bits per heavy atom. The van der Waals surface area contributed by atoms with Crippen LogP contribution in [0.4, 0.5) is 15.8 Å². The molecule has 1 amide bonds. The number of hydrogen-bond donors (Lipinski definition) is 2. The van der Waals surface area contributed by atoms with Crippen molar-refractivity contribution in [2.75, 3.05) is 22.5 Å². The maximum Gasteiger partial charge on any atom is 0.248 e. The van der Waals surface area contributed by atoms with E-state index in [4.69, 9.17) is 17.3 Å². The number of aromatic nitrogens is 1. The molecule has 1 unspecified atom stereocenters. The van der Waals surface area contributed by atoms with E-state index >= 15 is 0 Å². The summed E-state index contributed by atoms with van der Waals surface area (Å²) in [6.07, 6.45) is 1.80. The molecule has 1 aromatic carbocycles. The van der Waals surface area contributed by atoms with Crippen molar-refractivity contribution in [1.82, 2.24) is 4.98 Å². The average Bonchev–Trinajstić information content (AvgIpc) is 3.14. The lowest BCUT2D eigenvalue weighted by Crippen LogP contribution is -2.39. The van der Waals surface area contributed by atoms with E-state index in [1.807, 2.05) is 24.3 Å². The van der Waals surface area contributed by atoms with Crippen molar-refractivity contribution in [2.24, 2.45) is 0 Å². The van der Waals surface area contributed by atoms with E-state index in [1.165, 1.54) is 11.3 Å². The first-order chi connectivity index (χ1) is 11.8. The van der Waals surface area contributed by atoms with Gasteiger partial charge in [0.2, 0.25) is 5.91 Å². The Morgan fingerprint density at radius 3 is 2.64 bits per heavy atom. The number of thiazole rings is 1. The van der Waals surface area contributed by atoms with Gasteiger partial charge in [0.15, 0.2) is 5.13 Å². The molecular weight excluding hydrogens is 356 g/mol. The molecule has 1 saturated heterocycles. The lowest BCUT2D eigenvalue weighted by molar-refractivity contribution is -0.117. The molecule has 3 N–H and O–H groups in total. The van der Waals surface area contributed by atoms with Gasteiger partial charge in [-0.3, -0.25) is 4.79 Å². The molecule has 1 atom stereocenters. The molecule has 2 heterocycles. The monoisotopic (exact) mass is 378 g/mol. The number of halogens is 1. The van der Waals surface area contributed by atoms with Crippen molar-refractivity contribution in [3.05, 3.63) is 35.0 Å². The summed E-state index contributed by atoms with van der Waals surface area (Å²) < 4.78 is 0. The fourth-order valence-corrected chi connectivity index (χ4v) is 4.16. The highest BCUT2D eigenvalue weighted by molar-refractivity contribution is 7.19. The van der Waals surface area contributed by atoms with Crippen molar-refractivity contribution >= 4 is 44.7 Å². The number of benzene rings is 1. The zero-order valence-corrected chi connectivity index (χ0v) is 16.2. The molecule has 1 aliphatic rings. The van der Waals surface area contributed by atoms with Gasteiger partial charge in [0.25, 0.3) is 0 Å². The molecule has 2 aromatic rings. The molecule has 0 saturated carbocycles. The van der Waals surface area contributed by atoms with Crippen LogP contribution in [-0.4, -0.2) is 23.5 Å². The lowest BCUT2D eigenvalue weighted by atomic mass is 9.93. The molecule has 25 heavy (non-hydrogen) atoms. The molecule has 0 bridgehead atoms. The second-order valence-electron chi connectivity index (χ2n) is 7.30. The number of anilines is 3. The molecular formula is C18H23ClN4OS. The molecule has 134 valence electrons. The number of nitrogens with two attached hydrogens (primary N) is 1. The molecule has 7 heteroatoms. The van der Waals surface area contributed by atoms with Crippen molar-refractivity contribution in [1.29, 1.82) is 0 Å². The van der Waals surface area contributed by atoms with Crippen LogP contribution in [0.25, 0.3) is 0 Å². The fourth-order valence-electron chi connectivity index (χ4n) is 3.09. The van der Waals surface area contributed by atoms with Crippen LogP contribution in [0.15, 0.2) is 24.3 Å². The van der Waals surface area contributed by atoms with Crippen molar-refractivity contribution in [3.8, 4) is 0 Å². The Morgan fingerprint density at radius 2 is 2.04 bits per heavy atom. The number of carbonyl (C=O) groups excluding carboxylic acids is 1. The number of nitrogen functional groups attached to an aromatic ring is 1. The van der Waals surface area contributed by atoms with Gasteiger partial charge >= 0.3 is 0 Å². The molecule has 1 fully saturated rings. The smallest absolute Gasteiger partial charge is 0.248 e. The molecule has 5 nitrogen and oxygen atoms in total. The summed E-state index contributed by atoms with van der Waals surface area (Å²) in [7, 11) is 0. The Kier molecular flexibility index (Phi) is 4.93. The summed E-state index contributed by atoms with van der Waals surface area (Å²) in [5, 5.41) is 4.86. The normalized spacial score (nSPS) is 17.8. The number of nitrogens with one attached hydrogen (secondary N) is 1. The van der Waals surface area contributed by atoms with Crippen LogP contribution in [0.1, 0.15) is 39.3 Å². The zero-order valence-electron chi connectivity index (χ0n) is 14.7. The van der Waals surface area contributed by atoms with Crippen LogP contribution in [0.2, 0.25) is 5.02 Å². The maximum atomic E-state index is 12.8. The van der Waals surface area contributed by atoms with E-state index < -0.39 is 0 Å². The van der Waals surface area contributed by atoms with Gasteiger partial charge in [-0.05, 0) is 37.1 Å². The Bertz CT molecular complexity index is 766. The van der Waals surface area contributed by atoms with Gasteiger partial charge in [-0.1, -0.05) is 43.7 Å². The van der Waals surface area contributed by atoms with Crippen molar-refractivity contribution in [2.45, 2.75) is 45.1 Å². The molecule has 0 spiro atoms. The highest BCUT2D eigenvalue weighted by Crippen LogP contribution is 2.34. The zero-order chi connectivity index (χ0) is 18.2. The molecule has 1 aliphatic heterocycles. The number of amides is 1. The summed E-state index contributed by atoms with van der Waals surface area (Å²) in [6, 6.07) is 7.40. The number of carbonyl (C=O) groups is 1. The highest BCUT2D eigenvalue weighted by atomic mass is 35.5. The van der Waals surface area contributed by atoms with Crippen molar-refractivity contribution in [3.63, 3.8) is 0 Å². The highest BCUT2D eigenvalue weighted by Gasteiger charge is 2.32. The Balaban J connectivity index is 1.75. The van der Waals surface area contributed by atoms with Gasteiger partial charge in [-0.2, -0.15) is 0 Å². The summed E-state index contributed by atoms with van der Waals surface area (Å²) >= 11 is 7.29. The maximum absolute atomic E-state index is 12.8. The summed E-state index contributed by atoms with van der Waals surface area (Å²) in [4.78, 5) is 19.4. The van der Waals surface area contributed by atoms with E-state index in [0.717, 1.165) is 30.8 Å². The van der Waals surface area contributed by atoms with E-state index in [2.05, 4.69) is 36.0 Å². The average molecular weight is 379 g/mol. The second-order valence-corrected chi connectivity index (χ2v) is 8.77. The summed E-state index contributed by atoms with van der Waals surface area (Å²) in [5.41, 5.74) is 7.76. The first-order valence-electron chi connectivity index (χ1n) is 8.35. The van der Waals surface area contributed by atoms with Crippen LogP contribution in [0.5, 0.6) is 0 Å². The van der Waals surface area contributed by atoms with E-state index in [-0.39, 0.29) is 17.4 Å². The second kappa shape index (κ2) is 6.84. The minimum Gasteiger partial charge on any atom is -0.389 e. The van der Waals surface area contributed by atoms with Crippen LogP contribution in [0.3, 0.4) is 0 Å². The molecule has 1 aromatic heterocycles. The third kappa shape index (κ3) is 3.90. The van der Waals surface area contributed by atoms with Gasteiger partial charge in [-0.15, -0.1) is 0 Å². The summed E-state index contributed by atoms with van der Waals surface area (Å²) in [5.74, 6) is -0.0401. The van der Waals surface area contributed by atoms with Crippen LogP contribution < -0.4 is 16.0 Å². The molecule has 0 radical (unpaired) electrons. The van der Waals surface area contributed by atoms with E-state index in [1.54, 1.807) is 0 Å². The molecule has 3 rings (SSSR count). The third-order valence-electron chi connectivity index (χ3n) is 4.31. The minimum atomic E-state index is -0.204. The fraction of sp³-hybridized carbons (Fsp3) is 0.444. The van der Waals surface area contributed by atoms with Crippen LogP contribution >= 0.6 is 22.9 Å². The first-order valence-corrected chi connectivity index (χ1v) is 9.55. The third-order valence-corrected chi connectivity index (χ3v) is 5.36. The number of nitrogens with zero attached hydrogens (tertiary/aromatic N) is 2. The lowest BCUT2D eigenvalue weighted by Gasteiger charge is -2.25. The quantitative estimate of drug-likeness (QED) is 0.835. The van der Waals surface area contributed by atoms with Gasteiger partial charge in [0, 0.05) is 22.7 Å². The topological polar surface area (TPSA) is 71.2 Å². The SMILES string of the molecule is CC(C)(C)c1nc(NC(=O)C2CCCN2c2ccc(Cl)cc2)sc1N. The van der Waals surface area contributed by atoms with Gasteiger partial charge in [-0.25, -0.2) is 4.98 Å². The van der Waals surface area contributed by atoms with Gasteiger partial charge in [0.05, 0.1) is 5.69 Å². The van der Waals surface area contributed by atoms with Crippen molar-refractivity contribution < 1.29 is 4.79 Å². The van der Waals surface area contributed by atoms with E-state index in [0.29, 0.717) is 15.2 Å². The Labute approximate surface area is 157 Å². The predicted octanol–water partition coefficient (Wildman–Crippen LogP) is 4.28. The largest absolute Gasteiger partial charge is 0.389 e. The number of rotatable bonds is 3. The first kappa shape index (κ1) is 18.0. The number of hydrogen-bond acceptors (Lipinski definition) is 5. The minimum absolute atomic E-state index is 0.0401. The van der Waals surface area contributed by atoms with Gasteiger partial charge < -0.3 is 16.0 Å². The van der Waals surface area contributed by atoms with Crippen LogP contribution in [-0.2, 0) is 10.2 Å².